The van der Waals surface area contributed by atoms with Crippen molar-refractivity contribution < 1.29 is 9.53 Å². The van der Waals surface area contributed by atoms with Crippen LogP contribution < -0.4 is 15.0 Å². The number of ether oxygens (including phenoxy) is 1. The number of rotatable bonds is 5. The van der Waals surface area contributed by atoms with Crippen LogP contribution in [0.1, 0.15) is 55.3 Å². The van der Waals surface area contributed by atoms with E-state index in [-0.39, 0.29) is 11.8 Å². The van der Waals surface area contributed by atoms with Gasteiger partial charge in [0, 0.05) is 36.6 Å². The van der Waals surface area contributed by atoms with Gasteiger partial charge in [0.05, 0.1) is 12.3 Å². The zero-order chi connectivity index (χ0) is 22.1. The molecule has 0 unspecified atom stereocenters. The molecular formula is C24H28N6O2. The van der Waals surface area contributed by atoms with Crippen LogP contribution in [0.3, 0.4) is 0 Å². The Kier molecular flexibility index (Phi) is 5.51. The first kappa shape index (κ1) is 20.5. The van der Waals surface area contributed by atoms with E-state index in [0.717, 1.165) is 41.5 Å². The number of benzene rings is 1. The third-order valence-corrected chi connectivity index (χ3v) is 6.23. The van der Waals surface area contributed by atoms with E-state index in [9.17, 15) is 4.79 Å². The molecule has 1 atom stereocenters. The van der Waals surface area contributed by atoms with Gasteiger partial charge in [0.25, 0.3) is 0 Å². The number of para-hydroxylation sites is 1. The second-order valence-electron chi connectivity index (χ2n) is 8.33. The van der Waals surface area contributed by atoms with E-state index in [1.165, 1.54) is 19.3 Å². The summed E-state index contributed by atoms with van der Waals surface area (Å²) in [6, 6.07) is 11.8. The Bertz CT molecular complexity index is 1120. The van der Waals surface area contributed by atoms with Crippen LogP contribution in [0.5, 0.6) is 5.75 Å². The molecular weight excluding hydrogens is 404 g/mol. The highest BCUT2D eigenvalue weighted by molar-refractivity contribution is 5.95. The van der Waals surface area contributed by atoms with Crippen molar-refractivity contribution in [2.24, 2.45) is 0 Å². The minimum absolute atomic E-state index is 0.0483. The van der Waals surface area contributed by atoms with Crippen LogP contribution >= 0.6 is 0 Å². The molecule has 2 aromatic heterocycles. The van der Waals surface area contributed by atoms with E-state index in [0.29, 0.717) is 24.7 Å². The number of carbonyl (C=O) groups excluding carboxylic acids is 1. The molecule has 5 rings (SSSR count). The molecule has 1 fully saturated rings. The van der Waals surface area contributed by atoms with E-state index >= 15 is 0 Å². The van der Waals surface area contributed by atoms with Crippen molar-refractivity contribution in [1.82, 2.24) is 20.0 Å². The Morgan fingerprint density at radius 3 is 2.56 bits per heavy atom. The molecule has 166 valence electrons. The smallest absolute Gasteiger partial charge is 0.226 e. The minimum Gasteiger partial charge on any atom is -0.494 e. The predicted octanol–water partition coefficient (Wildman–Crippen LogP) is 3.83. The summed E-state index contributed by atoms with van der Waals surface area (Å²) in [7, 11) is 0. The van der Waals surface area contributed by atoms with Gasteiger partial charge in [0.2, 0.25) is 5.91 Å². The Labute approximate surface area is 187 Å². The Balaban J connectivity index is 1.53. The molecule has 3 aromatic rings. The maximum Gasteiger partial charge on any atom is 0.226 e. The van der Waals surface area contributed by atoms with Gasteiger partial charge in [-0.25, -0.2) is 0 Å². The molecule has 0 saturated carbocycles. The van der Waals surface area contributed by atoms with Gasteiger partial charge >= 0.3 is 0 Å². The summed E-state index contributed by atoms with van der Waals surface area (Å²) in [5, 5.41) is 16.7. The number of hydrogen-bond acceptors (Lipinski definition) is 6. The van der Waals surface area contributed by atoms with Gasteiger partial charge < -0.3 is 15.0 Å². The lowest BCUT2D eigenvalue weighted by molar-refractivity contribution is -0.116. The molecule has 1 saturated heterocycles. The quantitative estimate of drug-likeness (QED) is 0.660. The standard InChI is InChI=1S/C24H28N6O2/c1-3-32-19-10-6-5-9-17(19)18-15-22(31)25-24-23(18)16(2)28-30(24)21-12-11-20(26-27-21)29-13-7-4-8-14-29/h5-6,9-12,18H,3-4,7-8,13-15H2,1-2H3,(H,25,31)/t18-/m0/s1. The average molecular weight is 433 g/mol. The highest BCUT2D eigenvalue weighted by Gasteiger charge is 2.34. The zero-order valence-corrected chi connectivity index (χ0v) is 18.5. The molecule has 1 N–H and O–H groups in total. The lowest BCUT2D eigenvalue weighted by atomic mass is 9.85. The minimum atomic E-state index is -0.129. The molecule has 0 bridgehead atoms. The number of carbonyl (C=O) groups is 1. The van der Waals surface area contributed by atoms with Gasteiger partial charge in [-0.3, -0.25) is 4.79 Å². The topological polar surface area (TPSA) is 85.2 Å². The first-order valence-corrected chi connectivity index (χ1v) is 11.4. The number of nitrogens with one attached hydrogen (secondary N) is 1. The van der Waals surface area contributed by atoms with Crippen LogP contribution in [0.25, 0.3) is 5.82 Å². The Hall–Kier alpha value is -3.42. The number of amides is 1. The fourth-order valence-electron chi connectivity index (χ4n) is 4.76. The van der Waals surface area contributed by atoms with Crippen molar-refractivity contribution in [3.8, 4) is 11.6 Å². The number of piperidine rings is 1. The van der Waals surface area contributed by atoms with Crippen LogP contribution in [-0.4, -0.2) is 45.6 Å². The monoisotopic (exact) mass is 432 g/mol. The van der Waals surface area contributed by atoms with Gasteiger partial charge in [0.15, 0.2) is 11.6 Å². The van der Waals surface area contributed by atoms with Crippen molar-refractivity contribution in [2.75, 3.05) is 29.9 Å². The van der Waals surface area contributed by atoms with Crippen LogP contribution in [-0.2, 0) is 4.79 Å². The van der Waals surface area contributed by atoms with Crippen molar-refractivity contribution in [1.29, 1.82) is 0 Å². The number of nitrogens with zero attached hydrogens (tertiary/aromatic N) is 5. The molecule has 8 heteroatoms. The average Bonchev–Trinajstić information content (AvgIpc) is 3.16. The van der Waals surface area contributed by atoms with Crippen molar-refractivity contribution in [3.05, 3.63) is 53.2 Å². The first-order chi connectivity index (χ1) is 15.7. The molecule has 2 aliphatic rings. The normalized spacial score (nSPS) is 18.2. The second kappa shape index (κ2) is 8.61. The van der Waals surface area contributed by atoms with E-state index in [1.807, 2.05) is 50.2 Å². The largest absolute Gasteiger partial charge is 0.494 e. The van der Waals surface area contributed by atoms with Gasteiger partial charge in [-0.15, -0.1) is 10.2 Å². The third-order valence-electron chi connectivity index (χ3n) is 6.23. The number of aryl methyl sites for hydroxylation is 1. The molecule has 8 nitrogen and oxygen atoms in total. The highest BCUT2D eigenvalue weighted by atomic mass is 16.5. The summed E-state index contributed by atoms with van der Waals surface area (Å²) in [5.74, 6) is 2.77. The van der Waals surface area contributed by atoms with E-state index in [4.69, 9.17) is 9.84 Å². The van der Waals surface area contributed by atoms with Gasteiger partial charge in [0.1, 0.15) is 11.6 Å². The number of aromatic nitrogens is 4. The molecule has 1 amide bonds. The SMILES string of the molecule is CCOc1ccccc1[C@@H]1CC(=O)Nc2c1c(C)nn2-c1ccc(N2CCCCC2)nn1. The van der Waals surface area contributed by atoms with Gasteiger partial charge in [-0.05, 0) is 51.3 Å². The maximum atomic E-state index is 12.7. The number of anilines is 2. The molecule has 2 aliphatic heterocycles. The van der Waals surface area contributed by atoms with Crippen LogP contribution in [0, 0.1) is 6.92 Å². The zero-order valence-electron chi connectivity index (χ0n) is 18.5. The van der Waals surface area contributed by atoms with Crippen LogP contribution in [0.4, 0.5) is 11.6 Å². The summed E-state index contributed by atoms with van der Waals surface area (Å²) in [6.45, 7) is 6.53. The van der Waals surface area contributed by atoms with E-state index < -0.39 is 0 Å². The summed E-state index contributed by atoms with van der Waals surface area (Å²) >= 11 is 0. The Morgan fingerprint density at radius 1 is 1.06 bits per heavy atom. The molecule has 32 heavy (non-hydrogen) atoms. The maximum absolute atomic E-state index is 12.7. The molecule has 0 aliphatic carbocycles. The summed E-state index contributed by atoms with van der Waals surface area (Å²) in [5.41, 5.74) is 2.86. The molecule has 4 heterocycles. The summed E-state index contributed by atoms with van der Waals surface area (Å²) in [6.07, 6.45) is 4.00. The molecule has 0 spiro atoms. The summed E-state index contributed by atoms with van der Waals surface area (Å²) in [4.78, 5) is 15.0. The second-order valence-corrected chi connectivity index (χ2v) is 8.33. The van der Waals surface area contributed by atoms with Gasteiger partial charge in [-0.1, -0.05) is 18.2 Å². The fourth-order valence-corrected chi connectivity index (χ4v) is 4.76. The van der Waals surface area contributed by atoms with Gasteiger partial charge in [-0.2, -0.15) is 9.78 Å². The van der Waals surface area contributed by atoms with Crippen LogP contribution in [0.15, 0.2) is 36.4 Å². The number of hydrogen-bond donors (Lipinski definition) is 1. The van der Waals surface area contributed by atoms with E-state index in [1.54, 1.807) is 4.68 Å². The van der Waals surface area contributed by atoms with Crippen molar-refractivity contribution >= 4 is 17.5 Å². The lowest BCUT2D eigenvalue weighted by Gasteiger charge is -2.27. The van der Waals surface area contributed by atoms with Crippen molar-refractivity contribution in [2.45, 2.75) is 45.4 Å². The van der Waals surface area contributed by atoms with Crippen LogP contribution in [0.2, 0.25) is 0 Å². The Morgan fingerprint density at radius 2 is 1.81 bits per heavy atom. The molecule has 0 radical (unpaired) electrons. The van der Waals surface area contributed by atoms with E-state index in [2.05, 4.69) is 20.4 Å². The first-order valence-electron chi connectivity index (χ1n) is 11.4. The molecule has 1 aromatic carbocycles. The summed E-state index contributed by atoms with van der Waals surface area (Å²) < 4.78 is 7.56. The lowest BCUT2D eigenvalue weighted by Crippen LogP contribution is -2.30. The predicted molar refractivity (Wildman–Crippen MR) is 123 cm³/mol. The fraction of sp³-hybridized carbons (Fsp3) is 0.417. The highest BCUT2D eigenvalue weighted by Crippen LogP contribution is 2.42. The third kappa shape index (κ3) is 3.70. The van der Waals surface area contributed by atoms with Crippen molar-refractivity contribution in [3.63, 3.8) is 0 Å². The number of fused-ring (bicyclic) bond motifs is 1.